The van der Waals surface area contributed by atoms with Crippen LogP contribution in [0.4, 0.5) is 24.8 Å². The predicted octanol–water partition coefficient (Wildman–Crippen LogP) is 4.22. The number of rotatable bonds is 10. The molecule has 4 amide bonds. The molecule has 6 aliphatic heterocycles. The third kappa shape index (κ3) is 8.24. The number of nitrogens with zero attached hydrogens (tertiary/aromatic N) is 9. The highest BCUT2D eigenvalue weighted by molar-refractivity contribution is 7.89. The molecule has 1 unspecified atom stereocenters. The zero-order chi connectivity index (χ0) is 47.1. The highest BCUT2D eigenvalue weighted by atomic mass is 32.2. The number of imide groups is 2. The molecule has 17 nitrogen and oxygen atoms in total. The minimum atomic E-state index is -3.53. The molecule has 4 aromatic rings. The highest BCUT2D eigenvalue weighted by Crippen LogP contribution is 2.36. The van der Waals surface area contributed by atoms with Gasteiger partial charge in [-0.1, -0.05) is 0 Å². The summed E-state index contributed by atoms with van der Waals surface area (Å²) in [5.74, 6) is -3.61. The Balaban J connectivity index is 0.678. The van der Waals surface area contributed by atoms with Crippen LogP contribution in [0.1, 0.15) is 97.8 Å². The molecule has 2 aromatic carbocycles. The molecule has 5 fully saturated rings. The largest absolute Gasteiger partial charge is 0.369 e. The van der Waals surface area contributed by atoms with E-state index in [9.17, 15) is 27.6 Å². The molecule has 0 saturated carbocycles. The first-order valence-electron chi connectivity index (χ1n) is 23.3. The lowest BCUT2D eigenvalue weighted by molar-refractivity contribution is -0.136. The van der Waals surface area contributed by atoms with Gasteiger partial charge in [-0.3, -0.25) is 39.2 Å². The Hall–Kier alpha value is -5.51. The first-order chi connectivity index (χ1) is 32.0. The zero-order valence-corrected chi connectivity index (χ0v) is 38.5. The second kappa shape index (κ2) is 17.5. The van der Waals surface area contributed by atoms with Crippen LogP contribution in [0.15, 0.2) is 30.5 Å². The highest BCUT2D eigenvalue weighted by Gasteiger charge is 2.46. The summed E-state index contributed by atoms with van der Waals surface area (Å²) < 4.78 is 77.1. The van der Waals surface area contributed by atoms with Crippen LogP contribution in [-0.2, 0) is 19.6 Å². The molecule has 10 rings (SSSR count). The first kappa shape index (κ1) is 45.3. The van der Waals surface area contributed by atoms with Crippen molar-refractivity contribution in [1.82, 2.24) is 43.8 Å². The van der Waals surface area contributed by atoms with Crippen molar-refractivity contribution < 1.29 is 40.8 Å². The van der Waals surface area contributed by atoms with Crippen LogP contribution in [0, 0.1) is 24.4 Å². The second-order valence-electron chi connectivity index (χ2n) is 19.1. The van der Waals surface area contributed by atoms with Gasteiger partial charge in [0.25, 0.3) is 11.8 Å². The molecule has 0 spiro atoms. The minimum absolute atomic E-state index is 0.000335. The van der Waals surface area contributed by atoms with Crippen LogP contribution in [0.2, 0.25) is 0 Å². The molecule has 8 heterocycles. The molecule has 67 heavy (non-hydrogen) atoms. The van der Waals surface area contributed by atoms with Crippen LogP contribution in [0.5, 0.6) is 0 Å². The van der Waals surface area contributed by atoms with Gasteiger partial charge in [-0.05, 0) is 103 Å². The monoisotopic (exact) mass is 945 g/mol. The van der Waals surface area contributed by atoms with E-state index in [4.69, 9.17) is 0 Å². The molecule has 1 atom stereocenters. The maximum atomic E-state index is 15.5. The first-order valence-corrected chi connectivity index (χ1v) is 24.8. The van der Waals surface area contributed by atoms with Crippen molar-refractivity contribution in [1.29, 1.82) is 0 Å². The number of aromatic nitrogens is 4. The lowest BCUT2D eigenvalue weighted by Crippen LogP contribution is -2.64. The number of carbonyl (C=O) groups excluding carboxylic acids is 4. The van der Waals surface area contributed by atoms with Crippen LogP contribution >= 0.6 is 0 Å². The number of piperidine rings is 4. The number of anilines is 2. The summed E-state index contributed by atoms with van der Waals surface area (Å²) in [5.41, 5.74) is 1.21. The Kier molecular flexibility index (Phi) is 11.9. The number of fused-ring (bicyclic) bond motifs is 2. The van der Waals surface area contributed by atoms with E-state index in [0.717, 1.165) is 43.1 Å². The lowest BCUT2D eigenvalue weighted by Gasteiger charge is -2.52. The fourth-order valence-corrected chi connectivity index (χ4v) is 13.0. The molecule has 0 aliphatic carbocycles. The van der Waals surface area contributed by atoms with Gasteiger partial charge < -0.3 is 14.8 Å². The van der Waals surface area contributed by atoms with Crippen molar-refractivity contribution in [3.8, 4) is 11.3 Å². The third-order valence-corrected chi connectivity index (χ3v) is 17.1. The summed E-state index contributed by atoms with van der Waals surface area (Å²) >= 11 is 0. The Morgan fingerprint density at radius 1 is 0.761 bits per heavy atom. The van der Waals surface area contributed by atoms with E-state index >= 15 is 13.2 Å². The Labute approximate surface area is 386 Å². The number of hydrogen-bond donors (Lipinski definition) is 2. The van der Waals surface area contributed by atoms with Gasteiger partial charge in [-0.15, -0.1) is 0 Å². The Morgan fingerprint density at radius 3 is 2.12 bits per heavy atom. The molecule has 6 aliphatic rings. The predicted molar refractivity (Wildman–Crippen MR) is 241 cm³/mol. The number of nitrogens with one attached hydrogen (secondary N) is 2. The number of hydrogen-bond acceptors (Lipinski definition) is 13. The normalized spacial score (nSPS) is 22.6. The van der Waals surface area contributed by atoms with Crippen molar-refractivity contribution in [2.24, 2.45) is 0 Å². The van der Waals surface area contributed by atoms with Crippen LogP contribution in [0.3, 0.4) is 0 Å². The maximum absolute atomic E-state index is 15.5. The van der Waals surface area contributed by atoms with E-state index in [1.54, 1.807) is 17.3 Å². The van der Waals surface area contributed by atoms with Crippen molar-refractivity contribution in [2.45, 2.75) is 108 Å². The van der Waals surface area contributed by atoms with Gasteiger partial charge >= 0.3 is 0 Å². The molecule has 5 saturated heterocycles. The average Bonchev–Trinajstić information content (AvgIpc) is 3.75. The maximum Gasteiger partial charge on any atom is 0.262 e. The number of benzene rings is 2. The zero-order valence-electron chi connectivity index (χ0n) is 37.7. The Bertz CT molecular complexity index is 2780. The van der Waals surface area contributed by atoms with Crippen molar-refractivity contribution in [3.05, 3.63) is 64.9 Å². The Morgan fingerprint density at radius 2 is 1.45 bits per heavy atom. The molecule has 356 valence electrons. The van der Waals surface area contributed by atoms with Crippen LogP contribution in [-0.4, -0.2) is 152 Å². The van der Waals surface area contributed by atoms with E-state index in [0.29, 0.717) is 88.4 Å². The number of likely N-dealkylation sites (tertiary alicyclic amines) is 2. The SMILES string of the molecule is Cc1nc2c(F)cc(-c3nc(NC4CCN(S(=O)(=O)C5CCN(C6CN(C7CCN(c8cc9c(cc8F)C(=O)N(C8CCC(=O)NC8=O)C9=O)CC7)C6)CC5)CC4)ncc3F)cc2n1C(C)C. The number of imidazole rings is 1. The van der Waals surface area contributed by atoms with Gasteiger partial charge in [0, 0.05) is 75.4 Å². The van der Waals surface area contributed by atoms with Crippen molar-refractivity contribution >= 4 is 56.3 Å². The smallest absolute Gasteiger partial charge is 0.262 e. The standard InChI is InChI=1S/C46H54F3N11O6S/c1-25(2)59-26(3)51-42-35(48)18-27(19-39(42)59)41-36(49)22-50-46(54-41)52-28-6-16-58(17-7-28)67(65,66)31-10-14-55(15-11-31)30-23-57(24-30)29-8-12-56(13-9-29)38-21-33-32(20-34(38)47)44(63)60(45(33)64)37-4-5-40(61)53-43(37)62/h18-22,25,28-31,37H,4-17,23-24H2,1-3H3,(H,50,52,54)(H,53,61,62). The number of sulfonamides is 1. The summed E-state index contributed by atoms with van der Waals surface area (Å²) in [4.78, 5) is 71.1. The molecule has 0 radical (unpaired) electrons. The fourth-order valence-electron chi connectivity index (χ4n) is 11.1. The number of amides is 4. The van der Waals surface area contributed by atoms with E-state index in [1.807, 2.05) is 23.3 Å². The topological polar surface area (TPSA) is 186 Å². The molecule has 2 aromatic heterocycles. The van der Waals surface area contributed by atoms with E-state index in [2.05, 4.69) is 35.4 Å². The van der Waals surface area contributed by atoms with Crippen molar-refractivity contribution in [2.75, 3.05) is 62.6 Å². The van der Waals surface area contributed by atoms with Gasteiger partial charge in [0.05, 0.1) is 33.8 Å². The number of aryl methyl sites for hydroxylation is 1. The van der Waals surface area contributed by atoms with Gasteiger partial charge in [0.2, 0.25) is 27.8 Å². The van der Waals surface area contributed by atoms with Gasteiger partial charge in [0.1, 0.15) is 28.9 Å². The quantitative estimate of drug-likeness (QED) is 0.216. The number of halogens is 3. The van der Waals surface area contributed by atoms with E-state index < -0.39 is 62.4 Å². The minimum Gasteiger partial charge on any atom is -0.369 e. The van der Waals surface area contributed by atoms with Crippen LogP contribution in [0.25, 0.3) is 22.3 Å². The fraction of sp³-hybridized carbons (Fsp3) is 0.543. The number of carbonyl (C=O) groups is 4. The molecule has 2 N–H and O–H groups in total. The van der Waals surface area contributed by atoms with Gasteiger partial charge in [0.15, 0.2) is 11.6 Å². The summed E-state index contributed by atoms with van der Waals surface area (Å²) in [6, 6.07) is 4.81. The second-order valence-corrected chi connectivity index (χ2v) is 21.3. The average molecular weight is 946 g/mol. The summed E-state index contributed by atoms with van der Waals surface area (Å²) in [6.07, 6.45) is 4.80. The lowest BCUT2D eigenvalue weighted by atomic mass is 9.95. The summed E-state index contributed by atoms with van der Waals surface area (Å²) in [5, 5.41) is 4.97. The van der Waals surface area contributed by atoms with E-state index in [-0.39, 0.29) is 64.5 Å². The van der Waals surface area contributed by atoms with Gasteiger partial charge in [-0.25, -0.2) is 40.8 Å². The molecule has 0 bridgehead atoms. The molecular weight excluding hydrogens is 892 g/mol. The summed E-state index contributed by atoms with van der Waals surface area (Å²) in [7, 11) is -3.53. The molecular formula is C46H54F3N11O6S. The third-order valence-electron chi connectivity index (χ3n) is 14.7. The van der Waals surface area contributed by atoms with E-state index in [1.165, 1.54) is 12.1 Å². The van der Waals surface area contributed by atoms with Crippen molar-refractivity contribution in [3.63, 3.8) is 0 Å². The van der Waals surface area contributed by atoms with Gasteiger partial charge in [-0.2, -0.15) is 0 Å². The summed E-state index contributed by atoms with van der Waals surface area (Å²) in [6.45, 7) is 10.7. The molecule has 21 heteroatoms. The van der Waals surface area contributed by atoms with Crippen LogP contribution < -0.4 is 15.5 Å².